The van der Waals surface area contributed by atoms with Crippen LogP contribution in [0.3, 0.4) is 0 Å². The first-order chi connectivity index (χ1) is 14.4. The molecule has 8 heteroatoms. The summed E-state index contributed by atoms with van der Waals surface area (Å²) in [6, 6.07) is 13.1. The molecule has 3 aromatic rings. The Kier molecular flexibility index (Phi) is 5.40. The van der Waals surface area contributed by atoms with Gasteiger partial charge in [0.15, 0.2) is 0 Å². The van der Waals surface area contributed by atoms with Gasteiger partial charge in [-0.2, -0.15) is 0 Å². The fourth-order valence-corrected chi connectivity index (χ4v) is 4.38. The van der Waals surface area contributed by atoms with E-state index in [2.05, 4.69) is 10.2 Å². The third kappa shape index (κ3) is 3.51. The lowest BCUT2D eigenvalue weighted by molar-refractivity contribution is -0.132. The molecule has 30 heavy (non-hydrogen) atoms. The maximum atomic E-state index is 13.0. The summed E-state index contributed by atoms with van der Waals surface area (Å²) in [5.41, 5.74) is 2.07. The van der Waals surface area contributed by atoms with Gasteiger partial charge < -0.3 is 5.11 Å². The summed E-state index contributed by atoms with van der Waals surface area (Å²) in [6.45, 7) is 3.86. The van der Waals surface area contributed by atoms with E-state index in [0.717, 1.165) is 10.6 Å². The number of Topliss-reactive ketones (excluding diaryl/α,β-unsaturated/α-hetero) is 1. The normalized spacial score (nSPS) is 18.2. The average molecular weight is 440 g/mol. The number of rotatable bonds is 4. The zero-order valence-corrected chi connectivity index (χ0v) is 17.9. The van der Waals surface area contributed by atoms with Gasteiger partial charge >= 0.3 is 5.91 Å². The minimum Gasteiger partial charge on any atom is -0.507 e. The largest absolute Gasteiger partial charge is 0.507 e. The Morgan fingerprint density at radius 2 is 1.90 bits per heavy atom. The molecule has 0 bridgehead atoms. The Hall–Kier alpha value is -3.03. The second-order valence-corrected chi connectivity index (χ2v) is 8.40. The Morgan fingerprint density at radius 1 is 1.17 bits per heavy atom. The molecule has 1 aliphatic heterocycles. The molecule has 1 unspecified atom stereocenters. The van der Waals surface area contributed by atoms with Crippen molar-refractivity contribution in [3.05, 3.63) is 80.8 Å². The number of ketones is 1. The number of hydrogen-bond acceptors (Lipinski definition) is 6. The number of carbonyl (C=O) groups is 2. The number of benzene rings is 2. The highest BCUT2D eigenvalue weighted by molar-refractivity contribution is 7.15. The van der Waals surface area contributed by atoms with Crippen molar-refractivity contribution in [2.45, 2.75) is 26.3 Å². The molecule has 2 aromatic carbocycles. The quantitative estimate of drug-likeness (QED) is 0.362. The van der Waals surface area contributed by atoms with Gasteiger partial charge in [0.25, 0.3) is 5.78 Å². The molecule has 1 aliphatic rings. The third-order valence-corrected chi connectivity index (χ3v) is 6.20. The van der Waals surface area contributed by atoms with Gasteiger partial charge in [-0.3, -0.25) is 14.5 Å². The van der Waals surface area contributed by atoms with E-state index in [1.807, 2.05) is 26.0 Å². The van der Waals surface area contributed by atoms with Crippen molar-refractivity contribution in [3.8, 4) is 0 Å². The molecule has 1 fully saturated rings. The summed E-state index contributed by atoms with van der Waals surface area (Å²) in [5, 5.41) is 20.7. The van der Waals surface area contributed by atoms with Gasteiger partial charge in [-0.25, -0.2) is 0 Å². The molecule has 0 spiro atoms. The molecular formula is C22H18ClN3O3S. The topological polar surface area (TPSA) is 83.4 Å². The highest BCUT2D eigenvalue weighted by Gasteiger charge is 2.48. The lowest BCUT2D eigenvalue weighted by Crippen LogP contribution is -2.29. The predicted molar refractivity (Wildman–Crippen MR) is 117 cm³/mol. The van der Waals surface area contributed by atoms with Crippen molar-refractivity contribution < 1.29 is 14.7 Å². The van der Waals surface area contributed by atoms with Gasteiger partial charge in [0.05, 0.1) is 11.6 Å². The summed E-state index contributed by atoms with van der Waals surface area (Å²) in [6.07, 6.45) is 0.660. The van der Waals surface area contributed by atoms with Crippen LogP contribution in [-0.4, -0.2) is 27.0 Å². The molecule has 4 rings (SSSR count). The van der Waals surface area contributed by atoms with E-state index >= 15 is 0 Å². The van der Waals surface area contributed by atoms with Crippen LogP contribution in [0.15, 0.2) is 54.1 Å². The number of aliphatic hydroxyl groups is 1. The highest BCUT2D eigenvalue weighted by atomic mass is 35.5. The van der Waals surface area contributed by atoms with E-state index in [-0.39, 0.29) is 11.3 Å². The predicted octanol–water partition coefficient (Wildman–Crippen LogP) is 4.69. The number of halogens is 1. The van der Waals surface area contributed by atoms with E-state index in [0.29, 0.717) is 27.7 Å². The van der Waals surface area contributed by atoms with Gasteiger partial charge in [0.2, 0.25) is 5.13 Å². The van der Waals surface area contributed by atoms with Crippen LogP contribution in [0.5, 0.6) is 0 Å². The second kappa shape index (κ2) is 8.01. The molecule has 0 saturated carbocycles. The van der Waals surface area contributed by atoms with Gasteiger partial charge in [0.1, 0.15) is 10.8 Å². The smallest absolute Gasteiger partial charge is 0.301 e. The van der Waals surface area contributed by atoms with E-state index < -0.39 is 17.7 Å². The molecule has 0 radical (unpaired) electrons. The Morgan fingerprint density at radius 3 is 2.53 bits per heavy atom. The maximum Gasteiger partial charge on any atom is 0.301 e. The fraction of sp³-hybridized carbons (Fsp3) is 0.182. The first-order valence-electron chi connectivity index (χ1n) is 9.36. The van der Waals surface area contributed by atoms with Crippen molar-refractivity contribution in [2.24, 2.45) is 0 Å². The van der Waals surface area contributed by atoms with Crippen LogP contribution in [-0.2, 0) is 16.0 Å². The number of hydrogen-bond donors (Lipinski definition) is 1. The minimum absolute atomic E-state index is 0.000585. The summed E-state index contributed by atoms with van der Waals surface area (Å²) in [4.78, 5) is 27.3. The first-order valence-corrected chi connectivity index (χ1v) is 10.6. The van der Waals surface area contributed by atoms with Gasteiger partial charge in [-0.1, -0.05) is 71.8 Å². The lowest BCUT2D eigenvalue weighted by atomic mass is 9.95. The molecule has 1 aromatic heterocycles. The zero-order chi connectivity index (χ0) is 21.4. The number of aliphatic hydroxyl groups excluding tert-OH is 1. The van der Waals surface area contributed by atoms with Gasteiger partial charge in [-0.15, -0.1) is 10.2 Å². The Balaban J connectivity index is 1.93. The number of carbonyl (C=O) groups excluding carboxylic acids is 2. The SMILES string of the molecule is CCc1nnc(N2C(=O)C(=O)/C(=C(/O)c3ccc(C)cc3)C2c2cccc(Cl)c2)s1. The molecule has 6 nitrogen and oxygen atoms in total. The van der Waals surface area contributed by atoms with Crippen molar-refractivity contribution in [1.29, 1.82) is 0 Å². The summed E-state index contributed by atoms with van der Waals surface area (Å²) < 4.78 is 0. The molecule has 1 N–H and O–H groups in total. The van der Waals surface area contributed by atoms with E-state index in [4.69, 9.17) is 11.6 Å². The van der Waals surface area contributed by atoms with Crippen LogP contribution in [0.25, 0.3) is 5.76 Å². The Labute approximate surface area is 182 Å². The standard InChI is InChI=1S/C22H18ClN3O3S/c1-3-16-24-25-22(30-16)26-18(14-5-4-6-15(23)11-14)17(20(28)21(26)29)19(27)13-9-7-12(2)8-10-13/h4-11,18,27H,3H2,1-2H3/b19-17+. The van der Waals surface area contributed by atoms with Gasteiger partial charge in [-0.05, 0) is 31.0 Å². The van der Waals surface area contributed by atoms with Crippen LogP contribution < -0.4 is 4.90 Å². The molecular weight excluding hydrogens is 422 g/mol. The molecule has 2 heterocycles. The van der Waals surface area contributed by atoms with Crippen molar-refractivity contribution >= 4 is 45.5 Å². The van der Waals surface area contributed by atoms with Crippen molar-refractivity contribution in [3.63, 3.8) is 0 Å². The number of amides is 1. The fourth-order valence-electron chi connectivity index (χ4n) is 3.37. The number of anilines is 1. The molecule has 0 aliphatic carbocycles. The minimum atomic E-state index is -0.859. The number of aryl methyl sites for hydroxylation is 2. The lowest BCUT2D eigenvalue weighted by Gasteiger charge is -2.22. The van der Waals surface area contributed by atoms with Crippen LogP contribution in [0.1, 0.15) is 34.7 Å². The third-order valence-electron chi connectivity index (χ3n) is 4.90. The van der Waals surface area contributed by atoms with E-state index in [1.165, 1.54) is 16.2 Å². The first kappa shape index (κ1) is 20.3. The summed E-state index contributed by atoms with van der Waals surface area (Å²) in [7, 11) is 0. The molecule has 152 valence electrons. The van der Waals surface area contributed by atoms with Crippen LogP contribution in [0.2, 0.25) is 5.02 Å². The van der Waals surface area contributed by atoms with Gasteiger partial charge in [0, 0.05) is 10.6 Å². The van der Waals surface area contributed by atoms with E-state index in [9.17, 15) is 14.7 Å². The highest BCUT2D eigenvalue weighted by Crippen LogP contribution is 2.43. The monoisotopic (exact) mass is 439 g/mol. The summed E-state index contributed by atoms with van der Waals surface area (Å²) >= 11 is 7.43. The number of nitrogens with zero attached hydrogens (tertiary/aromatic N) is 3. The van der Waals surface area contributed by atoms with Crippen LogP contribution >= 0.6 is 22.9 Å². The summed E-state index contributed by atoms with van der Waals surface area (Å²) in [5.74, 6) is -1.76. The zero-order valence-electron chi connectivity index (χ0n) is 16.3. The Bertz CT molecular complexity index is 1170. The number of aromatic nitrogens is 2. The molecule has 1 atom stereocenters. The second-order valence-electron chi connectivity index (χ2n) is 6.92. The maximum absolute atomic E-state index is 13.0. The molecule has 1 amide bonds. The van der Waals surface area contributed by atoms with Crippen molar-refractivity contribution in [2.75, 3.05) is 4.90 Å². The van der Waals surface area contributed by atoms with Crippen LogP contribution in [0.4, 0.5) is 5.13 Å². The average Bonchev–Trinajstić information content (AvgIpc) is 3.31. The van der Waals surface area contributed by atoms with Crippen molar-refractivity contribution in [1.82, 2.24) is 10.2 Å². The van der Waals surface area contributed by atoms with Crippen LogP contribution in [0, 0.1) is 6.92 Å². The van der Waals surface area contributed by atoms with E-state index in [1.54, 1.807) is 36.4 Å². The molecule has 1 saturated heterocycles.